The van der Waals surface area contributed by atoms with Crippen LogP contribution in [0.4, 0.5) is 4.39 Å². The fourth-order valence-corrected chi connectivity index (χ4v) is 1.94. The van der Waals surface area contributed by atoms with Crippen LogP contribution in [0.1, 0.15) is 18.1 Å². The van der Waals surface area contributed by atoms with Gasteiger partial charge in [0.2, 0.25) is 0 Å². The average Bonchev–Trinajstić information content (AvgIpc) is 2.18. The van der Waals surface area contributed by atoms with Crippen molar-refractivity contribution in [3.8, 4) is 6.07 Å². The van der Waals surface area contributed by atoms with Gasteiger partial charge in [0.15, 0.2) is 0 Å². The van der Waals surface area contributed by atoms with Gasteiger partial charge in [0.25, 0.3) is 0 Å². The fourth-order valence-electron chi connectivity index (χ4n) is 1.94. The Hall–Kier alpha value is -1.40. The van der Waals surface area contributed by atoms with Crippen molar-refractivity contribution in [2.24, 2.45) is 5.92 Å². The molecule has 1 aliphatic rings. The highest BCUT2D eigenvalue weighted by Crippen LogP contribution is 2.19. The molecule has 1 aromatic rings. The largest absolute Gasteiger partial charge is 0.298 e. The summed E-state index contributed by atoms with van der Waals surface area (Å²) in [5, 5.41) is 8.60. The molecular weight excluding hydrogens is 191 g/mol. The first-order valence-corrected chi connectivity index (χ1v) is 5.10. The summed E-state index contributed by atoms with van der Waals surface area (Å²) in [5.74, 6) is 0.458. The van der Waals surface area contributed by atoms with E-state index in [1.165, 1.54) is 6.07 Å². The minimum Gasteiger partial charge on any atom is -0.298 e. The monoisotopic (exact) mass is 204 g/mol. The summed E-state index contributed by atoms with van der Waals surface area (Å²) in [6.45, 7) is 4.92. The normalized spacial score (nSPS) is 17.1. The predicted molar refractivity (Wildman–Crippen MR) is 55.6 cm³/mol. The van der Waals surface area contributed by atoms with Gasteiger partial charge in [-0.1, -0.05) is 13.0 Å². The smallest absolute Gasteiger partial charge is 0.129 e. The van der Waals surface area contributed by atoms with Crippen molar-refractivity contribution in [1.29, 1.82) is 5.26 Å². The Morgan fingerprint density at radius 1 is 1.53 bits per heavy atom. The topological polar surface area (TPSA) is 27.0 Å². The van der Waals surface area contributed by atoms with Gasteiger partial charge in [0.1, 0.15) is 5.82 Å². The van der Waals surface area contributed by atoms with Crippen LogP contribution >= 0.6 is 0 Å². The van der Waals surface area contributed by atoms with Gasteiger partial charge in [0, 0.05) is 25.2 Å². The molecule has 78 valence electrons. The number of benzene rings is 1. The van der Waals surface area contributed by atoms with E-state index in [-0.39, 0.29) is 5.82 Å². The molecule has 3 heteroatoms. The molecule has 1 heterocycles. The zero-order valence-electron chi connectivity index (χ0n) is 8.70. The number of hydrogen-bond donors (Lipinski definition) is 0. The van der Waals surface area contributed by atoms with E-state index in [0.29, 0.717) is 17.7 Å². The maximum Gasteiger partial charge on any atom is 0.129 e. The summed E-state index contributed by atoms with van der Waals surface area (Å²) in [6, 6.07) is 6.61. The fraction of sp³-hybridized carbons (Fsp3) is 0.417. The van der Waals surface area contributed by atoms with Crippen LogP contribution in [0.15, 0.2) is 18.2 Å². The van der Waals surface area contributed by atoms with Crippen LogP contribution in [-0.4, -0.2) is 18.0 Å². The minimum atomic E-state index is -0.270. The third kappa shape index (κ3) is 2.16. The summed E-state index contributed by atoms with van der Waals surface area (Å²) >= 11 is 0. The van der Waals surface area contributed by atoms with Crippen molar-refractivity contribution >= 4 is 0 Å². The summed E-state index contributed by atoms with van der Waals surface area (Å²) in [7, 11) is 0. The molecule has 0 spiro atoms. The Morgan fingerprint density at radius 2 is 2.27 bits per heavy atom. The van der Waals surface area contributed by atoms with Crippen molar-refractivity contribution < 1.29 is 4.39 Å². The summed E-state index contributed by atoms with van der Waals surface area (Å²) in [4.78, 5) is 2.20. The second-order valence-corrected chi connectivity index (χ2v) is 4.22. The van der Waals surface area contributed by atoms with Gasteiger partial charge in [-0.05, 0) is 18.1 Å². The second kappa shape index (κ2) is 4.00. The lowest BCUT2D eigenvalue weighted by Crippen LogP contribution is -2.44. The molecule has 1 aromatic carbocycles. The van der Waals surface area contributed by atoms with Gasteiger partial charge in [0.05, 0.1) is 11.6 Å². The molecule has 1 fully saturated rings. The highest BCUT2D eigenvalue weighted by atomic mass is 19.1. The molecule has 15 heavy (non-hydrogen) atoms. The maximum absolute atomic E-state index is 13.5. The average molecular weight is 204 g/mol. The molecule has 0 atom stereocenters. The molecule has 0 unspecified atom stereocenters. The van der Waals surface area contributed by atoms with E-state index in [1.807, 2.05) is 6.07 Å². The zero-order chi connectivity index (χ0) is 10.8. The lowest BCUT2D eigenvalue weighted by atomic mass is 10.0. The molecule has 1 aliphatic heterocycles. The van der Waals surface area contributed by atoms with E-state index in [1.54, 1.807) is 12.1 Å². The van der Waals surface area contributed by atoms with Gasteiger partial charge in [-0.15, -0.1) is 0 Å². The Balaban J connectivity index is 2.06. The molecule has 0 bridgehead atoms. The summed E-state index contributed by atoms with van der Waals surface area (Å²) in [5.41, 5.74) is 1.06. The SMILES string of the molecule is CC1CN(Cc2ccc(C#N)cc2F)C1. The molecule has 0 saturated carbocycles. The molecule has 0 N–H and O–H groups in total. The molecule has 0 radical (unpaired) electrons. The van der Waals surface area contributed by atoms with Crippen molar-refractivity contribution in [2.75, 3.05) is 13.1 Å². The molecule has 0 aromatic heterocycles. The van der Waals surface area contributed by atoms with Gasteiger partial charge in [-0.3, -0.25) is 4.90 Å². The third-order valence-corrected chi connectivity index (χ3v) is 2.72. The van der Waals surface area contributed by atoms with Crippen LogP contribution in [0, 0.1) is 23.1 Å². The van der Waals surface area contributed by atoms with Gasteiger partial charge >= 0.3 is 0 Å². The Morgan fingerprint density at radius 3 is 2.80 bits per heavy atom. The molecule has 1 saturated heterocycles. The highest BCUT2D eigenvalue weighted by molar-refractivity contribution is 5.32. The molecule has 0 aliphatic carbocycles. The van der Waals surface area contributed by atoms with E-state index >= 15 is 0 Å². The first-order valence-electron chi connectivity index (χ1n) is 5.10. The van der Waals surface area contributed by atoms with E-state index in [0.717, 1.165) is 19.0 Å². The van der Waals surface area contributed by atoms with Crippen LogP contribution in [0.25, 0.3) is 0 Å². The number of likely N-dealkylation sites (tertiary alicyclic amines) is 1. The van der Waals surface area contributed by atoms with Crippen molar-refractivity contribution in [3.63, 3.8) is 0 Å². The van der Waals surface area contributed by atoms with E-state index in [4.69, 9.17) is 5.26 Å². The van der Waals surface area contributed by atoms with Gasteiger partial charge in [-0.2, -0.15) is 5.26 Å². The van der Waals surface area contributed by atoms with Crippen LogP contribution in [0.5, 0.6) is 0 Å². The van der Waals surface area contributed by atoms with Crippen LogP contribution in [0.3, 0.4) is 0 Å². The lowest BCUT2D eigenvalue weighted by molar-refractivity contribution is 0.103. The van der Waals surface area contributed by atoms with Crippen LogP contribution < -0.4 is 0 Å². The van der Waals surface area contributed by atoms with Crippen molar-refractivity contribution in [1.82, 2.24) is 4.90 Å². The van der Waals surface area contributed by atoms with Crippen molar-refractivity contribution in [3.05, 3.63) is 35.1 Å². The van der Waals surface area contributed by atoms with E-state index in [2.05, 4.69) is 11.8 Å². The summed E-state index contributed by atoms with van der Waals surface area (Å²) < 4.78 is 13.5. The third-order valence-electron chi connectivity index (χ3n) is 2.72. The zero-order valence-corrected chi connectivity index (χ0v) is 8.70. The Kier molecular flexibility index (Phi) is 2.70. The maximum atomic E-state index is 13.5. The molecule has 0 amide bonds. The van der Waals surface area contributed by atoms with Crippen molar-refractivity contribution in [2.45, 2.75) is 13.5 Å². The lowest BCUT2D eigenvalue weighted by Gasteiger charge is -2.37. The Bertz CT molecular complexity index is 403. The quantitative estimate of drug-likeness (QED) is 0.738. The second-order valence-electron chi connectivity index (χ2n) is 4.22. The first-order chi connectivity index (χ1) is 7.19. The van der Waals surface area contributed by atoms with Crippen LogP contribution in [-0.2, 0) is 6.54 Å². The Labute approximate surface area is 88.9 Å². The molecular formula is C12H13FN2. The standard InChI is InChI=1S/C12H13FN2/c1-9-6-15(7-9)8-11-3-2-10(5-14)4-12(11)13/h2-4,9H,6-8H2,1H3. The first kappa shape index (κ1) is 10.1. The van der Waals surface area contributed by atoms with E-state index < -0.39 is 0 Å². The van der Waals surface area contributed by atoms with Gasteiger partial charge < -0.3 is 0 Å². The van der Waals surface area contributed by atoms with E-state index in [9.17, 15) is 4.39 Å². The predicted octanol–water partition coefficient (Wildman–Crippen LogP) is 2.15. The number of rotatable bonds is 2. The number of nitrogens with zero attached hydrogens (tertiary/aromatic N) is 2. The number of nitriles is 1. The highest BCUT2D eigenvalue weighted by Gasteiger charge is 2.22. The molecule has 2 rings (SSSR count). The summed E-state index contributed by atoms with van der Waals surface area (Å²) in [6.07, 6.45) is 0. The van der Waals surface area contributed by atoms with Gasteiger partial charge in [-0.25, -0.2) is 4.39 Å². The molecule has 2 nitrogen and oxygen atoms in total. The number of hydrogen-bond acceptors (Lipinski definition) is 2. The van der Waals surface area contributed by atoms with Crippen LogP contribution in [0.2, 0.25) is 0 Å². The number of halogens is 1. The minimum absolute atomic E-state index is 0.270.